The molecule has 4 aromatic carbocycles. The number of nitrogens with zero attached hydrogens (tertiary/aromatic N) is 4. The summed E-state index contributed by atoms with van der Waals surface area (Å²) in [5.74, 6) is 0. The Morgan fingerprint density at radius 2 is 0.541 bits per heavy atom. The van der Waals surface area contributed by atoms with Crippen LogP contribution in [0.1, 0.15) is 0 Å². The molecular formula is C32H22IrN4+. The largest absolute Gasteiger partial charge is 3.00 e. The quantitative estimate of drug-likeness (QED) is 0.189. The van der Waals surface area contributed by atoms with Crippen molar-refractivity contribution in [2.75, 3.05) is 0 Å². The van der Waals surface area contributed by atoms with Gasteiger partial charge in [-0.05, 0) is 22.8 Å². The van der Waals surface area contributed by atoms with Gasteiger partial charge in [-0.1, -0.05) is 144 Å². The van der Waals surface area contributed by atoms with E-state index in [4.69, 9.17) is 0 Å². The minimum absolute atomic E-state index is 0. The van der Waals surface area contributed by atoms with E-state index in [9.17, 15) is 0 Å². The van der Waals surface area contributed by atoms with Crippen LogP contribution in [0, 0.1) is 12.7 Å². The maximum atomic E-state index is 4.20. The summed E-state index contributed by atoms with van der Waals surface area (Å²) in [5.41, 5.74) is 7.88. The van der Waals surface area contributed by atoms with Crippen LogP contribution in [0.25, 0.3) is 45.0 Å². The van der Waals surface area contributed by atoms with Gasteiger partial charge in [0.2, 0.25) is 0 Å². The predicted molar refractivity (Wildman–Crippen MR) is 143 cm³/mol. The van der Waals surface area contributed by atoms with Gasteiger partial charge in [-0.15, -0.1) is 12.1 Å². The van der Waals surface area contributed by atoms with Gasteiger partial charge in [-0.3, -0.25) is 0 Å². The maximum absolute atomic E-state index is 4.20. The number of rotatable bonds is 4. The molecule has 6 rings (SSSR count). The summed E-state index contributed by atoms with van der Waals surface area (Å²) in [5, 5.41) is 0. The van der Waals surface area contributed by atoms with Crippen LogP contribution in [0.4, 0.5) is 0 Å². The second kappa shape index (κ2) is 13.1. The normalized spacial score (nSPS) is 9.95. The number of aromatic nitrogens is 4. The molecule has 0 N–H and O–H groups in total. The number of hydrogen-bond donors (Lipinski definition) is 0. The van der Waals surface area contributed by atoms with Gasteiger partial charge in [0.25, 0.3) is 0 Å². The van der Waals surface area contributed by atoms with E-state index in [-0.39, 0.29) is 20.1 Å². The number of hydrogen-bond acceptors (Lipinski definition) is 4. The predicted octanol–water partition coefficient (Wildman–Crippen LogP) is 7.22. The molecule has 37 heavy (non-hydrogen) atoms. The van der Waals surface area contributed by atoms with Gasteiger partial charge in [-0.25, -0.2) is 0 Å². The third-order valence-electron chi connectivity index (χ3n) is 5.51. The fourth-order valence-corrected chi connectivity index (χ4v) is 3.68. The molecule has 6 aromatic rings. The van der Waals surface area contributed by atoms with E-state index in [1.807, 2.05) is 133 Å². The van der Waals surface area contributed by atoms with E-state index in [2.05, 4.69) is 32.6 Å². The molecule has 178 valence electrons. The molecule has 0 atom stereocenters. The summed E-state index contributed by atoms with van der Waals surface area (Å²) in [7, 11) is 0. The monoisotopic (exact) mass is 655 g/mol. The van der Waals surface area contributed by atoms with Crippen molar-refractivity contribution in [1.29, 1.82) is 0 Å². The van der Waals surface area contributed by atoms with Crippen molar-refractivity contribution in [3.05, 3.63) is 146 Å². The van der Waals surface area contributed by atoms with Crippen LogP contribution in [0.15, 0.2) is 133 Å². The molecule has 0 unspecified atom stereocenters. The van der Waals surface area contributed by atoms with Gasteiger partial charge in [0.1, 0.15) is 0 Å². The third-order valence-corrected chi connectivity index (χ3v) is 5.51. The SMILES string of the molecule is [Ir+3].[c-]1nc(-c2ccccc2)cc(-c2ccccc2)n1.[c-]1nc(-c2ccccc2)cc(-c2ccccc2)n1. The second-order valence-electron chi connectivity index (χ2n) is 7.94. The van der Waals surface area contributed by atoms with E-state index in [1.54, 1.807) is 0 Å². The first-order valence-electron chi connectivity index (χ1n) is 11.6. The molecule has 0 bridgehead atoms. The summed E-state index contributed by atoms with van der Waals surface area (Å²) in [4.78, 5) is 16.8. The summed E-state index contributed by atoms with van der Waals surface area (Å²) in [6.07, 6.45) is 5.45. The molecule has 0 aliphatic carbocycles. The van der Waals surface area contributed by atoms with Crippen molar-refractivity contribution in [1.82, 2.24) is 19.9 Å². The average molecular weight is 655 g/mol. The fraction of sp³-hybridized carbons (Fsp3) is 0. The Morgan fingerprint density at radius 3 is 0.757 bits per heavy atom. The van der Waals surface area contributed by atoms with Gasteiger partial charge >= 0.3 is 20.1 Å². The molecule has 0 radical (unpaired) electrons. The van der Waals surface area contributed by atoms with Gasteiger partial charge in [0.05, 0.1) is 0 Å². The van der Waals surface area contributed by atoms with E-state index in [0.717, 1.165) is 45.0 Å². The molecule has 0 spiro atoms. The minimum atomic E-state index is 0. The van der Waals surface area contributed by atoms with E-state index < -0.39 is 0 Å². The zero-order valence-electron chi connectivity index (χ0n) is 19.8. The van der Waals surface area contributed by atoms with E-state index >= 15 is 0 Å². The van der Waals surface area contributed by atoms with Crippen molar-refractivity contribution in [3.8, 4) is 45.0 Å². The topological polar surface area (TPSA) is 51.6 Å². The zero-order valence-corrected chi connectivity index (χ0v) is 22.2. The summed E-state index contributed by atoms with van der Waals surface area (Å²) in [6.45, 7) is 0. The molecular weight excluding hydrogens is 633 g/mol. The van der Waals surface area contributed by atoms with Crippen LogP contribution in [0.5, 0.6) is 0 Å². The smallest absolute Gasteiger partial charge is 0.366 e. The summed E-state index contributed by atoms with van der Waals surface area (Å²) < 4.78 is 0. The molecule has 0 fully saturated rings. The van der Waals surface area contributed by atoms with Crippen LogP contribution >= 0.6 is 0 Å². The molecule has 0 aliphatic heterocycles. The second-order valence-corrected chi connectivity index (χ2v) is 7.94. The minimum Gasteiger partial charge on any atom is -0.366 e. The molecule has 0 amide bonds. The Morgan fingerprint density at radius 1 is 0.324 bits per heavy atom. The first-order valence-corrected chi connectivity index (χ1v) is 11.6. The van der Waals surface area contributed by atoms with Crippen molar-refractivity contribution < 1.29 is 20.1 Å². The van der Waals surface area contributed by atoms with Gasteiger partial charge in [-0.2, -0.15) is 0 Å². The van der Waals surface area contributed by atoms with Gasteiger partial charge in [0.15, 0.2) is 0 Å². The average Bonchev–Trinajstić information content (AvgIpc) is 2.99. The number of benzene rings is 4. The summed E-state index contributed by atoms with van der Waals surface area (Å²) >= 11 is 0. The van der Waals surface area contributed by atoms with Crippen LogP contribution in [-0.4, -0.2) is 19.9 Å². The third kappa shape index (κ3) is 6.89. The molecule has 5 heteroatoms. The Hall–Kier alpha value is -4.31. The first-order chi connectivity index (χ1) is 17.9. The van der Waals surface area contributed by atoms with Gasteiger partial charge < -0.3 is 19.9 Å². The van der Waals surface area contributed by atoms with Crippen LogP contribution in [0.2, 0.25) is 0 Å². The first kappa shape index (κ1) is 25.8. The Balaban J connectivity index is 0.000000168. The zero-order chi connectivity index (χ0) is 24.4. The van der Waals surface area contributed by atoms with Crippen molar-refractivity contribution >= 4 is 0 Å². The Kier molecular flexibility index (Phi) is 9.14. The van der Waals surface area contributed by atoms with Crippen LogP contribution in [0.3, 0.4) is 0 Å². The van der Waals surface area contributed by atoms with Crippen LogP contribution < -0.4 is 0 Å². The van der Waals surface area contributed by atoms with E-state index in [1.165, 1.54) is 0 Å². The van der Waals surface area contributed by atoms with Crippen molar-refractivity contribution in [3.63, 3.8) is 0 Å². The van der Waals surface area contributed by atoms with Crippen molar-refractivity contribution in [2.45, 2.75) is 0 Å². The molecule has 0 saturated heterocycles. The molecule has 2 aromatic heterocycles. The molecule has 2 heterocycles. The molecule has 0 saturated carbocycles. The standard InChI is InChI=1S/2C16H11N2.Ir/c2*1-3-7-13(8-4-1)15-11-16(18-12-17-15)14-9-5-2-6-10-14;/h2*1-11H;/q2*-1;+3. The summed E-state index contributed by atoms with van der Waals surface area (Å²) in [6, 6.07) is 44.2. The Labute approximate surface area is 230 Å². The van der Waals surface area contributed by atoms with Gasteiger partial charge in [0, 0.05) is 12.7 Å². The fourth-order valence-electron chi connectivity index (χ4n) is 3.68. The maximum Gasteiger partial charge on any atom is 3.00 e. The Bertz CT molecular complexity index is 1280. The molecule has 4 nitrogen and oxygen atoms in total. The van der Waals surface area contributed by atoms with Crippen molar-refractivity contribution in [2.24, 2.45) is 0 Å². The van der Waals surface area contributed by atoms with Crippen LogP contribution in [-0.2, 0) is 20.1 Å². The molecule has 0 aliphatic rings. The van der Waals surface area contributed by atoms with E-state index in [0.29, 0.717) is 0 Å².